The maximum absolute atomic E-state index is 13.0. The molecule has 0 radical (unpaired) electrons. The van der Waals surface area contributed by atoms with Gasteiger partial charge in [0, 0.05) is 37.5 Å². The number of amides is 1. The Labute approximate surface area is 184 Å². The summed E-state index contributed by atoms with van der Waals surface area (Å²) >= 11 is 0. The summed E-state index contributed by atoms with van der Waals surface area (Å²) in [6.45, 7) is 2.36. The van der Waals surface area contributed by atoms with E-state index in [1.54, 1.807) is 7.11 Å². The summed E-state index contributed by atoms with van der Waals surface area (Å²) < 4.78 is 5.41. The van der Waals surface area contributed by atoms with Gasteiger partial charge in [-0.25, -0.2) is 0 Å². The summed E-state index contributed by atoms with van der Waals surface area (Å²) in [5.74, 6) is 1.63. The molecule has 1 saturated carbocycles. The van der Waals surface area contributed by atoms with Crippen molar-refractivity contribution < 1.29 is 14.6 Å². The van der Waals surface area contributed by atoms with Gasteiger partial charge in [-0.3, -0.25) is 9.69 Å². The van der Waals surface area contributed by atoms with Crippen molar-refractivity contribution in [3.63, 3.8) is 0 Å². The van der Waals surface area contributed by atoms with Crippen LogP contribution in [0.3, 0.4) is 0 Å². The van der Waals surface area contributed by atoms with E-state index in [1.807, 2.05) is 18.2 Å². The molecule has 1 amide bonds. The summed E-state index contributed by atoms with van der Waals surface area (Å²) in [6.07, 6.45) is 4.43. The first-order valence-electron chi connectivity index (χ1n) is 11.5. The van der Waals surface area contributed by atoms with Gasteiger partial charge in [-0.05, 0) is 36.1 Å². The largest absolute Gasteiger partial charge is 0.497 e. The van der Waals surface area contributed by atoms with E-state index in [0.29, 0.717) is 5.91 Å². The highest BCUT2D eigenvalue weighted by Gasteiger charge is 2.66. The third-order valence-electron chi connectivity index (χ3n) is 7.71. The van der Waals surface area contributed by atoms with E-state index in [4.69, 9.17) is 4.74 Å². The number of nitrogens with zero attached hydrogens (tertiary/aromatic N) is 2. The maximum atomic E-state index is 13.0. The van der Waals surface area contributed by atoms with Crippen LogP contribution in [0.1, 0.15) is 42.7 Å². The van der Waals surface area contributed by atoms with Crippen molar-refractivity contribution in [2.45, 2.75) is 49.7 Å². The molecule has 2 aromatic carbocycles. The molecule has 2 atom stereocenters. The first-order chi connectivity index (χ1) is 15.2. The number of methoxy groups -OCH3 is 1. The molecule has 31 heavy (non-hydrogen) atoms. The van der Waals surface area contributed by atoms with Crippen LogP contribution in [-0.4, -0.2) is 59.2 Å². The lowest BCUT2D eigenvalue weighted by atomic mass is 9.60. The van der Waals surface area contributed by atoms with Crippen LogP contribution in [0, 0.1) is 5.92 Å². The minimum absolute atomic E-state index is 0.0531. The molecule has 0 aromatic heterocycles. The van der Waals surface area contributed by atoms with Gasteiger partial charge in [0.25, 0.3) is 0 Å². The highest BCUT2D eigenvalue weighted by atomic mass is 16.5. The molecule has 5 heteroatoms. The van der Waals surface area contributed by atoms with Crippen LogP contribution < -0.4 is 4.74 Å². The number of aliphatic hydroxyl groups is 1. The van der Waals surface area contributed by atoms with Gasteiger partial charge in [-0.1, -0.05) is 55.3 Å². The normalized spacial score (nSPS) is 25.3. The van der Waals surface area contributed by atoms with Gasteiger partial charge < -0.3 is 14.7 Å². The van der Waals surface area contributed by atoms with E-state index < -0.39 is 0 Å². The highest BCUT2D eigenvalue weighted by molar-refractivity contribution is 5.80. The lowest BCUT2D eigenvalue weighted by molar-refractivity contribution is -0.202. The Morgan fingerprint density at radius 3 is 2.52 bits per heavy atom. The van der Waals surface area contributed by atoms with Crippen LogP contribution in [0.5, 0.6) is 5.75 Å². The zero-order chi connectivity index (χ0) is 21.4. The second-order valence-electron chi connectivity index (χ2n) is 9.40. The average molecular weight is 421 g/mol. The SMILES string of the molecule is COc1cccc(CN2[C@@H](CO)[C@@H](c3ccccc3)C23CN(C(=O)C2CCCC2)C3)c1. The monoisotopic (exact) mass is 420 g/mol. The Morgan fingerprint density at radius 1 is 1.10 bits per heavy atom. The Hall–Kier alpha value is -2.37. The molecular formula is C26H32N2O3. The van der Waals surface area contributed by atoms with Gasteiger partial charge in [-0.2, -0.15) is 0 Å². The van der Waals surface area contributed by atoms with Gasteiger partial charge in [0.05, 0.1) is 19.3 Å². The molecule has 0 unspecified atom stereocenters. The van der Waals surface area contributed by atoms with Crippen LogP contribution >= 0.6 is 0 Å². The van der Waals surface area contributed by atoms with Crippen LogP contribution in [0.4, 0.5) is 0 Å². The molecule has 5 rings (SSSR count). The Morgan fingerprint density at radius 2 is 1.84 bits per heavy atom. The Kier molecular flexibility index (Phi) is 5.49. The number of ether oxygens (including phenoxy) is 1. The minimum atomic E-state index is -0.105. The Bertz CT molecular complexity index is 919. The number of likely N-dealkylation sites (tertiary alicyclic amines) is 2. The fraction of sp³-hybridized carbons (Fsp3) is 0.500. The molecule has 1 N–H and O–H groups in total. The molecule has 2 heterocycles. The predicted octanol–water partition coefficient (Wildman–Crippen LogP) is 3.43. The minimum Gasteiger partial charge on any atom is -0.497 e. The molecule has 2 aromatic rings. The average Bonchev–Trinajstić information content (AvgIpc) is 3.31. The van der Waals surface area contributed by atoms with Crippen molar-refractivity contribution in [2.24, 2.45) is 5.92 Å². The van der Waals surface area contributed by atoms with Gasteiger partial charge in [-0.15, -0.1) is 0 Å². The third kappa shape index (κ3) is 3.44. The second kappa shape index (κ2) is 8.29. The molecular weight excluding hydrogens is 388 g/mol. The fourth-order valence-electron chi connectivity index (χ4n) is 6.18. The zero-order valence-electron chi connectivity index (χ0n) is 18.2. The standard InChI is InChI=1S/C26H32N2O3/c1-31-22-13-7-8-19(14-22)15-28-23(16-29)24(20-9-3-2-4-10-20)26(28)17-27(18-26)25(30)21-11-5-6-12-21/h2-4,7-10,13-14,21,23-24,29H,5-6,11-12,15-18H2,1H3/t23-,24+/m0/s1. The van der Waals surface area contributed by atoms with Crippen molar-refractivity contribution in [1.82, 2.24) is 9.80 Å². The van der Waals surface area contributed by atoms with Crippen molar-refractivity contribution in [3.05, 3.63) is 65.7 Å². The zero-order valence-corrected chi connectivity index (χ0v) is 18.2. The number of benzene rings is 2. The van der Waals surface area contributed by atoms with Gasteiger partial charge in [0.2, 0.25) is 5.91 Å². The second-order valence-corrected chi connectivity index (χ2v) is 9.40. The van der Waals surface area contributed by atoms with Crippen molar-refractivity contribution >= 4 is 5.91 Å². The van der Waals surface area contributed by atoms with Crippen LogP contribution in [-0.2, 0) is 11.3 Å². The van der Waals surface area contributed by atoms with Crippen molar-refractivity contribution in [2.75, 3.05) is 26.8 Å². The van der Waals surface area contributed by atoms with Crippen LogP contribution in [0.2, 0.25) is 0 Å². The number of hydrogen-bond acceptors (Lipinski definition) is 4. The third-order valence-corrected chi connectivity index (χ3v) is 7.71. The quantitative estimate of drug-likeness (QED) is 0.778. The van der Waals surface area contributed by atoms with E-state index in [-0.39, 0.29) is 30.0 Å². The fourth-order valence-corrected chi connectivity index (χ4v) is 6.18. The summed E-state index contributed by atoms with van der Waals surface area (Å²) in [5.41, 5.74) is 2.33. The topological polar surface area (TPSA) is 53.0 Å². The summed E-state index contributed by atoms with van der Waals surface area (Å²) in [6, 6.07) is 18.7. The number of aliphatic hydroxyl groups excluding tert-OH is 1. The number of carbonyl (C=O) groups excluding carboxylic acids is 1. The lowest BCUT2D eigenvalue weighted by Gasteiger charge is -2.71. The molecule has 3 fully saturated rings. The first-order valence-corrected chi connectivity index (χ1v) is 11.5. The van der Waals surface area contributed by atoms with E-state index in [0.717, 1.165) is 38.2 Å². The highest BCUT2D eigenvalue weighted by Crippen LogP contribution is 2.54. The number of hydrogen-bond donors (Lipinski definition) is 1. The molecule has 0 bridgehead atoms. The van der Waals surface area contributed by atoms with E-state index in [2.05, 4.69) is 46.2 Å². The van der Waals surface area contributed by atoms with Crippen molar-refractivity contribution in [1.29, 1.82) is 0 Å². The molecule has 2 aliphatic heterocycles. The molecule has 2 saturated heterocycles. The Balaban J connectivity index is 1.41. The van der Waals surface area contributed by atoms with Gasteiger partial charge in [0.15, 0.2) is 0 Å². The maximum Gasteiger partial charge on any atom is 0.225 e. The van der Waals surface area contributed by atoms with Crippen LogP contribution in [0.25, 0.3) is 0 Å². The van der Waals surface area contributed by atoms with Gasteiger partial charge >= 0.3 is 0 Å². The van der Waals surface area contributed by atoms with Crippen LogP contribution in [0.15, 0.2) is 54.6 Å². The lowest BCUT2D eigenvalue weighted by Crippen LogP contribution is -2.84. The summed E-state index contributed by atoms with van der Waals surface area (Å²) in [7, 11) is 1.69. The molecule has 1 spiro atoms. The summed E-state index contributed by atoms with van der Waals surface area (Å²) in [5, 5.41) is 10.3. The van der Waals surface area contributed by atoms with E-state index in [1.165, 1.54) is 24.0 Å². The van der Waals surface area contributed by atoms with E-state index in [9.17, 15) is 9.90 Å². The van der Waals surface area contributed by atoms with E-state index >= 15 is 0 Å². The molecule has 5 nitrogen and oxygen atoms in total. The molecule has 3 aliphatic rings. The molecule has 164 valence electrons. The smallest absolute Gasteiger partial charge is 0.225 e. The van der Waals surface area contributed by atoms with Gasteiger partial charge in [0.1, 0.15) is 5.75 Å². The van der Waals surface area contributed by atoms with Crippen molar-refractivity contribution in [3.8, 4) is 5.75 Å². The summed E-state index contributed by atoms with van der Waals surface area (Å²) in [4.78, 5) is 17.5. The number of carbonyl (C=O) groups is 1. The number of rotatable bonds is 6. The predicted molar refractivity (Wildman–Crippen MR) is 120 cm³/mol. The molecule has 1 aliphatic carbocycles. The first kappa shape index (κ1) is 20.5.